The lowest BCUT2D eigenvalue weighted by Crippen LogP contribution is -2.46. The summed E-state index contributed by atoms with van der Waals surface area (Å²) in [7, 11) is 0. The molecule has 0 radical (unpaired) electrons. The van der Waals surface area contributed by atoms with Gasteiger partial charge in [0.05, 0.1) is 5.57 Å². The molecule has 38 heavy (non-hydrogen) atoms. The largest absolute Gasteiger partial charge is 0.512 e. The Hall–Kier alpha value is -2.96. The van der Waals surface area contributed by atoms with Gasteiger partial charge in [-0.15, -0.1) is 5.10 Å². The number of hydrogen-bond donors (Lipinski definition) is 1. The summed E-state index contributed by atoms with van der Waals surface area (Å²) in [6.07, 6.45) is 18.3. The van der Waals surface area contributed by atoms with Crippen molar-refractivity contribution in [2.24, 2.45) is 17.8 Å². The fourth-order valence-corrected chi connectivity index (χ4v) is 7.04. The number of carbonyl (C=O) groups excluding carboxylic acids is 1. The molecule has 0 spiro atoms. The number of hydrogen-bond acceptors (Lipinski definition) is 6. The maximum atomic E-state index is 13.4. The van der Waals surface area contributed by atoms with E-state index in [0.717, 1.165) is 56.9 Å². The van der Waals surface area contributed by atoms with Crippen molar-refractivity contribution in [1.29, 1.82) is 0 Å². The normalized spacial score (nSPS) is 26.6. The number of rotatable bonds is 9. The average Bonchev–Trinajstić information content (AvgIpc) is 3.59. The van der Waals surface area contributed by atoms with Crippen molar-refractivity contribution >= 4 is 11.7 Å². The Labute approximate surface area is 226 Å². The third-order valence-corrected chi connectivity index (χ3v) is 9.11. The van der Waals surface area contributed by atoms with Crippen LogP contribution in [0.5, 0.6) is 0 Å². The van der Waals surface area contributed by atoms with Gasteiger partial charge in [-0.2, -0.15) is 4.98 Å². The van der Waals surface area contributed by atoms with Crippen LogP contribution >= 0.6 is 0 Å². The number of aromatic nitrogens is 4. The Morgan fingerprint density at radius 2 is 1.97 bits per heavy atom. The molecule has 2 aromatic rings. The SMILES string of the molecule is CCC1=CC(CCC2(C3CCCC3)CC(O)=C(Cc3nc4ncc(C)cn4n3)C(=O)O2)=CC(CC)C1CC. The number of nitrogens with zero attached hydrogens (tertiary/aromatic N) is 4. The third-order valence-electron chi connectivity index (χ3n) is 9.11. The molecule has 3 unspecified atom stereocenters. The van der Waals surface area contributed by atoms with Crippen molar-refractivity contribution < 1.29 is 14.6 Å². The van der Waals surface area contributed by atoms with Crippen molar-refractivity contribution in [1.82, 2.24) is 19.6 Å². The first-order chi connectivity index (χ1) is 18.4. The molecule has 7 nitrogen and oxygen atoms in total. The monoisotopic (exact) mass is 518 g/mol. The van der Waals surface area contributed by atoms with E-state index >= 15 is 0 Å². The molecule has 1 aliphatic heterocycles. The Kier molecular flexibility index (Phi) is 7.73. The van der Waals surface area contributed by atoms with Crippen LogP contribution < -0.4 is 0 Å². The maximum absolute atomic E-state index is 13.4. The number of aliphatic hydroxyl groups is 1. The van der Waals surface area contributed by atoms with Crippen LogP contribution in [0.3, 0.4) is 0 Å². The Bertz CT molecular complexity index is 1280. The molecule has 204 valence electrons. The summed E-state index contributed by atoms with van der Waals surface area (Å²) in [6, 6.07) is 0. The fourth-order valence-electron chi connectivity index (χ4n) is 7.04. The van der Waals surface area contributed by atoms with E-state index in [1.165, 1.54) is 12.0 Å². The first kappa shape index (κ1) is 26.6. The summed E-state index contributed by atoms with van der Waals surface area (Å²) in [5.41, 5.74) is 3.49. The molecule has 7 heteroatoms. The predicted molar refractivity (Wildman–Crippen MR) is 148 cm³/mol. The Balaban J connectivity index is 1.38. The summed E-state index contributed by atoms with van der Waals surface area (Å²) >= 11 is 0. The van der Waals surface area contributed by atoms with E-state index in [1.807, 2.05) is 13.1 Å². The van der Waals surface area contributed by atoms with Crippen LogP contribution in [0, 0.1) is 24.7 Å². The second-order valence-electron chi connectivity index (χ2n) is 11.5. The van der Waals surface area contributed by atoms with E-state index < -0.39 is 11.6 Å². The van der Waals surface area contributed by atoms with Gasteiger partial charge in [0.2, 0.25) is 0 Å². The molecular formula is C31H42N4O3. The molecule has 3 atom stereocenters. The highest BCUT2D eigenvalue weighted by molar-refractivity contribution is 5.90. The average molecular weight is 519 g/mol. The molecule has 1 saturated carbocycles. The van der Waals surface area contributed by atoms with Crippen LogP contribution in [0.15, 0.2) is 47.0 Å². The number of fused-ring (bicyclic) bond motifs is 1. The number of cyclic esters (lactones) is 1. The predicted octanol–water partition coefficient (Wildman–Crippen LogP) is 6.77. The van der Waals surface area contributed by atoms with E-state index in [4.69, 9.17) is 4.74 Å². The zero-order valence-electron chi connectivity index (χ0n) is 23.4. The van der Waals surface area contributed by atoms with Crippen molar-refractivity contribution in [3.8, 4) is 0 Å². The lowest BCUT2D eigenvalue weighted by molar-refractivity contribution is -0.167. The highest BCUT2D eigenvalue weighted by Crippen LogP contribution is 2.47. The van der Waals surface area contributed by atoms with E-state index in [2.05, 4.69) is 48.0 Å². The third kappa shape index (κ3) is 5.16. The number of ether oxygens (including phenoxy) is 1. The molecular weight excluding hydrogens is 476 g/mol. The van der Waals surface area contributed by atoms with E-state index in [1.54, 1.807) is 16.3 Å². The quantitative estimate of drug-likeness (QED) is 0.368. The van der Waals surface area contributed by atoms with Gasteiger partial charge in [0.1, 0.15) is 11.4 Å². The van der Waals surface area contributed by atoms with Crippen LogP contribution in [0.4, 0.5) is 0 Å². The summed E-state index contributed by atoms with van der Waals surface area (Å²) in [5, 5.41) is 15.7. The van der Waals surface area contributed by atoms with Crippen molar-refractivity contribution in [3.05, 3.63) is 58.4 Å². The molecule has 3 aliphatic rings. The van der Waals surface area contributed by atoms with Gasteiger partial charge < -0.3 is 9.84 Å². The molecule has 0 saturated heterocycles. The van der Waals surface area contributed by atoms with Crippen molar-refractivity contribution in [3.63, 3.8) is 0 Å². The second-order valence-corrected chi connectivity index (χ2v) is 11.5. The first-order valence-electron chi connectivity index (χ1n) is 14.6. The van der Waals surface area contributed by atoms with Crippen LogP contribution in [-0.2, 0) is 16.0 Å². The van der Waals surface area contributed by atoms with E-state index in [9.17, 15) is 9.90 Å². The van der Waals surface area contributed by atoms with Gasteiger partial charge in [-0.25, -0.2) is 14.3 Å². The highest BCUT2D eigenvalue weighted by Gasteiger charge is 2.48. The molecule has 1 N–H and O–H groups in total. The van der Waals surface area contributed by atoms with E-state index in [0.29, 0.717) is 29.9 Å². The highest BCUT2D eigenvalue weighted by atomic mass is 16.6. The van der Waals surface area contributed by atoms with Gasteiger partial charge >= 0.3 is 5.97 Å². The summed E-state index contributed by atoms with van der Waals surface area (Å²) in [4.78, 5) is 22.2. The Morgan fingerprint density at radius 1 is 1.18 bits per heavy atom. The van der Waals surface area contributed by atoms with Crippen LogP contribution in [0.25, 0.3) is 5.78 Å². The first-order valence-corrected chi connectivity index (χ1v) is 14.6. The molecule has 3 heterocycles. The summed E-state index contributed by atoms with van der Waals surface area (Å²) in [6.45, 7) is 8.77. The van der Waals surface area contributed by atoms with Crippen molar-refractivity contribution in [2.45, 2.75) is 104 Å². The number of carbonyl (C=O) groups is 1. The molecule has 0 amide bonds. The van der Waals surface area contributed by atoms with Crippen LogP contribution in [0.1, 0.15) is 96.4 Å². The van der Waals surface area contributed by atoms with Gasteiger partial charge in [-0.1, -0.05) is 56.9 Å². The standard InChI is InChI=1S/C31H42N4O3/c1-5-22-14-21(15-23(6-2)25(22)7-3)12-13-31(24-10-8-9-11-24)17-27(36)26(29(37)38-31)16-28-33-30-32-18-20(4)19-35(30)34-28/h14-15,18-19,22,24-25,36H,5-13,16-17H2,1-4H3. The topological polar surface area (TPSA) is 89.6 Å². The lowest BCUT2D eigenvalue weighted by Gasteiger charge is -2.42. The smallest absolute Gasteiger partial charge is 0.338 e. The minimum Gasteiger partial charge on any atom is -0.512 e. The number of aryl methyl sites for hydroxylation is 1. The van der Waals surface area contributed by atoms with Gasteiger partial charge in [0, 0.05) is 25.2 Å². The molecule has 2 aromatic heterocycles. The fraction of sp³-hybridized carbons (Fsp3) is 0.613. The summed E-state index contributed by atoms with van der Waals surface area (Å²) in [5.74, 6) is 2.12. The van der Waals surface area contributed by atoms with E-state index in [-0.39, 0.29) is 23.7 Å². The van der Waals surface area contributed by atoms with Crippen LogP contribution in [-0.4, -0.2) is 36.3 Å². The zero-order chi connectivity index (χ0) is 26.9. The van der Waals surface area contributed by atoms with Gasteiger partial charge in [-0.05, 0) is 75.2 Å². The van der Waals surface area contributed by atoms with Gasteiger partial charge in [-0.3, -0.25) is 0 Å². The summed E-state index contributed by atoms with van der Waals surface area (Å²) < 4.78 is 7.98. The van der Waals surface area contributed by atoms with Crippen molar-refractivity contribution in [2.75, 3.05) is 0 Å². The Morgan fingerprint density at radius 3 is 2.66 bits per heavy atom. The molecule has 0 bridgehead atoms. The zero-order valence-corrected chi connectivity index (χ0v) is 23.4. The van der Waals surface area contributed by atoms with Gasteiger partial charge in [0.25, 0.3) is 5.78 Å². The molecule has 5 rings (SSSR count). The second kappa shape index (κ2) is 11.0. The minimum atomic E-state index is -0.656. The molecule has 0 aromatic carbocycles. The number of aliphatic hydroxyl groups excluding tert-OH is 1. The molecule has 2 aliphatic carbocycles. The number of esters is 1. The molecule has 1 fully saturated rings. The van der Waals surface area contributed by atoms with Crippen LogP contribution in [0.2, 0.25) is 0 Å². The maximum Gasteiger partial charge on any atom is 0.338 e. The lowest BCUT2D eigenvalue weighted by atomic mass is 9.73. The number of allylic oxidation sites excluding steroid dienone is 4. The minimum absolute atomic E-state index is 0.135. The van der Waals surface area contributed by atoms with Gasteiger partial charge in [0.15, 0.2) is 5.82 Å².